The first kappa shape index (κ1) is 11.0. The Labute approximate surface area is 84.5 Å². The first-order valence-corrected chi connectivity index (χ1v) is 4.22. The molecule has 0 aliphatic carbocycles. The predicted molar refractivity (Wildman–Crippen MR) is 48.4 cm³/mol. The predicted octanol–water partition coefficient (Wildman–Crippen LogP) is 2.13. The summed E-state index contributed by atoms with van der Waals surface area (Å²) in [5.41, 5.74) is -0.367. The molecule has 0 saturated carbocycles. The molecule has 0 aromatic heterocycles. The smallest absolute Gasteiger partial charge is 0.365 e. The molecule has 1 unspecified atom stereocenters. The van der Waals surface area contributed by atoms with Crippen LogP contribution in [0.4, 0.5) is 13.2 Å². The average molecular weight is 220 g/mol. The van der Waals surface area contributed by atoms with Gasteiger partial charge in [-0.2, -0.15) is 18.4 Å². The summed E-state index contributed by atoms with van der Waals surface area (Å²) in [7, 11) is 0. The van der Waals surface area contributed by atoms with Crippen molar-refractivity contribution in [2.45, 2.75) is 18.5 Å². The lowest BCUT2D eigenvalue weighted by atomic mass is 10.1. The molecule has 2 nitrogen and oxygen atoms in total. The minimum atomic E-state index is -4.43. The number of nitriles is 1. The SMILES string of the molecule is CC1=C(C#N)C(S)NC(C(F)(F)F)=C1. The number of hydrogen-bond acceptors (Lipinski definition) is 3. The fourth-order valence-corrected chi connectivity index (χ4v) is 1.48. The molecule has 1 aliphatic rings. The number of nitrogens with zero attached hydrogens (tertiary/aromatic N) is 1. The summed E-state index contributed by atoms with van der Waals surface area (Å²) < 4.78 is 36.7. The van der Waals surface area contributed by atoms with Crippen LogP contribution in [-0.4, -0.2) is 11.6 Å². The van der Waals surface area contributed by atoms with Gasteiger partial charge in [0.15, 0.2) is 0 Å². The maximum absolute atomic E-state index is 12.2. The van der Waals surface area contributed by atoms with E-state index in [0.717, 1.165) is 6.08 Å². The fraction of sp³-hybridized carbons (Fsp3) is 0.375. The number of hydrogen-bond donors (Lipinski definition) is 2. The van der Waals surface area contributed by atoms with Crippen LogP contribution in [0.1, 0.15) is 6.92 Å². The van der Waals surface area contributed by atoms with Crippen LogP contribution < -0.4 is 5.32 Å². The molecule has 1 N–H and O–H groups in total. The maximum Gasteiger partial charge on any atom is 0.430 e. The zero-order chi connectivity index (χ0) is 10.9. The Morgan fingerprint density at radius 3 is 2.50 bits per heavy atom. The second-order valence-electron chi connectivity index (χ2n) is 2.81. The molecular weight excluding hydrogens is 213 g/mol. The van der Waals surface area contributed by atoms with Gasteiger partial charge in [0.1, 0.15) is 11.1 Å². The largest absolute Gasteiger partial charge is 0.430 e. The van der Waals surface area contributed by atoms with Crippen LogP contribution in [0.3, 0.4) is 0 Å². The number of rotatable bonds is 0. The van der Waals surface area contributed by atoms with Gasteiger partial charge in [0.05, 0.1) is 11.6 Å². The van der Waals surface area contributed by atoms with Gasteiger partial charge in [-0.1, -0.05) is 0 Å². The van der Waals surface area contributed by atoms with Crippen molar-refractivity contribution in [1.29, 1.82) is 5.26 Å². The molecule has 0 radical (unpaired) electrons. The second kappa shape index (κ2) is 3.58. The zero-order valence-corrected chi connectivity index (χ0v) is 8.08. The summed E-state index contributed by atoms with van der Waals surface area (Å²) >= 11 is 3.85. The van der Waals surface area contributed by atoms with E-state index < -0.39 is 17.2 Å². The topological polar surface area (TPSA) is 35.8 Å². The normalized spacial score (nSPS) is 22.6. The molecule has 0 bridgehead atoms. The average Bonchev–Trinajstić information content (AvgIpc) is 2.01. The Kier molecular flexibility index (Phi) is 2.81. The molecule has 0 aromatic rings. The van der Waals surface area contributed by atoms with E-state index in [-0.39, 0.29) is 5.57 Å². The lowest BCUT2D eigenvalue weighted by molar-refractivity contribution is -0.0970. The van der Waals surface area contributed by atoms with Crippen molar-refractivity contribution in [2.75, 3.05) is 0 Å². The van der Waals surface area contributed by atoms with E-state index in [2.05, 4.69) is 17.9 Å². The Balaban J connectivity index is 3.10. The fourth-order valence-electron chi connectivity index (χ4n) is 1.08. The third-order valence-corrected chi connectivity index (χ3v) is 2.16. The summed E-state index contributed by atoms with van der Waals surface area (Å²) in [5, 5.41) is 9.83. The Hall–Kier alpha value is -1.09. The molecule has 1 atom stereocenters. The third-order valence-electron chi connectivity index (χ3n) is 1.78. The monoisotopic (exact) mass is 220 g/mol. The van der Waals surface area contributed by atoms with Gasteiger partial charge in [0.2, 0.25) is 0 Å². The van der Waals surface area contributed by atoms with Crippen molar-refractivity contribution < 1.29 is 13.2 Å². The van der Waals surface area contributed by atoms with Crippen LogP contribution in [0.5, 0.6) is 0 Å². The number of nitrogens with one attached hydrogen (secondary N) is 1. The first-order valence-electron chi connectivity index (χ1n) is 3.70. The molecular formula is C8H7F3N2S. The summed E-state index contributed by atoms with van der Waals surface area (Å²) in [4.78, 5) is 0. The molecule has 1 heterocycles. The highest BCUT2D eigenvalue weighted by Gasteiger charge is 2.37. The maximum atomic E-state index is 12.2. The van der Waals surface area contributed by atoms with Crippen LogP contribution >= 0.6 is 12.6 Å². The van der Waals surface area contributed by atoms with Crippen molar-refractivity contribution >= 4 is 12.6 Å². The standard InChI is InChI=1S/C8H7F3N2S/c1-4-2-6(8(9,10)11)13-7(14)5(4)3-12/h2,7,13-14H,1H3. The van der Waals surface area contributed by atoms with E-state index >= 15 is 0 Å². The van der Waals surface area contributed by atoms with Crippen LogP contribution in [0.2, 0.25) is 0 Å². The molecule has 6 heteroatoms. The molecule has 0 fully saturated rings. The molecule has 1 rings (SSSR count). The number of halogens is 3. The van der Waals surface area contributed by atoms with Crippen LogP contribution in [0.25, 0.3) is 0 Å². The molecule has 76 valence electrons. The highest BCUT2D eigenvalue weighted by atomic mass is 32.1. The van der Waals surface area contributed by atoms with Gasteiger partial charge in [-0.05, 0) is 18.6 Å². The lowest BCUT2D eigenvalue weighted by Crippen LogP contribution is -2.35. The van der Waals surface area contributed by atoms with Gasteiger partial charge in [0.25, 0.3) is 0 Å². The van der Waals surface area contributed by atoms with Crippen molar-refractivity contribution in [2.24, 2.45) is 0 Å². The van der Waals surface area contributed by atoms with E-state index in [1.807, 2.05) is 0 Å². The van der Waals surface area contributed by atoms with E-state index in [1.165, 1.54) is 6.92 Å². The highest BCUT2D eigenvalue weighted by Crippen LogP contribution is 2.30. The van der Waals surface area contributed by atoms with Crippen LogP contribution in [-0.2, 0) is 0 Å². The van der Waals surface area contributed by atoms with E-state index in [4.69, 9.17) is 5.26 Å². The molecule has 1 aliphatic heterocycles. The minimum absolute atomic E-state index is 0.210. The lowest BCUT2D eigenvalue weighted by Gasteiger charge is -2.23. The third kappa shape index (κ3) is 2.04. The Morgan fingerprint density at radius 2 is 2.14 bits per heavy atom. The highest BCUT2D eigenvalue weighted by molar-refractivity contribution is 7.81. The molecule has 0 spiro atoms. The number of allylic oxidation sites excluding steroid dienone is 3. The summed E-state index contributed by atoms with van der Waals surface area (Å²) in [6.45, 7) is 1.45. The molecule has 0 aromatic carbocycles. The van der Waals surface area contributed by atoms with Gasteiger partial charge in [-0.15, -0.1) is 12.6 Å². The minimum Gasteiger partial charge on any atom is -0.365 e. The van der Waals surface area contributed by atoms with E-state index in [9.17, 15) is 13.2 Å². The number of thiol groups is 1. The molecule has 0 saturated heterocycles. The van der Waals surface area contributed by atoms with Crippen molar-refractivity contribution in [3.8, 4) is 6.07 Å². The van der Waals surface area contributed by atoms with E-state index in [1.54, 1.807) is 6.07 Å². The number of dihydropyridines is 1. The second-order valence-corrected chi connectivity index (χ2v) is 3.33. The summed E-state index contributed by atoms with van der Waals surface area (Å²) in [6, 6.07) is 1.80. The van der Waals surface area contributed by atoms with Gasteiger partial charge >= 0.3 is 6.18 Å². The van der Waals surface area contributed by atoms with Crippen LogP contribution in [0.15, 0.2) is 22.9 Å². The van der Waals surface area contributed by atoms with Crippen LogP contribution in [0, 0.1) is 11.3 Å². The quantitative estimate of drug-likeness (QED) is 0.613. The number of alkyl halides is 3. The molecule has 14 heavy (non-hydrogen) atoms. The van der Waals surface area contributed by atoms with E-state index in [0.29, 0.717) is 5.57 Å². The van der Waals surface area contributed by atoms with Gasteiger partial charge in [-0.25, -0.2) is 0 Å². The van der Waals surface area contributed by atoms with Gasteiger partial charge in [-0.3, -0.25) is 0 Å². The van der Waals surface area contributed by atoms with Gasteiger partial charge in [0, 0.05) is 0 Å². The van der Waals surface area contributed by atoms with Crippen molar-refractivity contribution in [3.05, 3.63) is 22.9 Å². The zero-order valence-electron chi connectivity index (χ0n) is 7.18. The Bertz CT molecular complexity index is 349. The summed E-state index contributed by atoms with van der Waals surface area (Å²) in [5.74, 6) is 0. The Morgan fingerprint density at radius 1 is 1.57 bits per heavy atom. The summed E-state index contributed by atoms with van der Waals surface area (Å²) in [6.07, 6.45) is -3.52. The van der Waals surface area contributed by atoms with Crippen molar-refractivity contribution in [1.82, 2.24) is 5.32 Å². The van der Waals surface area contributed by atoms with Gasteiger partial charge < -0.3 is 5.32 Å². The first-order chi connectivity index (χ1) is 6.36. The van der Waals surface area contributed by atoms with Crippen molar-refractivity contribution in [3.63, 3.8) is 0 Å². The molecule has 0 amide bonds.